The van der Waals surface area contributed by atoms with E-state index in [0.29, 0.717) is 0 Å². The van der Waals surface area contributed by atoms with Crippen molar-refractivity contribution in [1.29, 1.82) is 0 Å². The second-order valence-electron chi connectivity index (χ2n) is 3.93. The second kappa shape index (κ2) is 5.30. The molecule has 0 aromatic rings. The van der Waals surface area contributed by atoms with Crippen molar-refractivity contribution in [3.8, 4) is 0 Å². The SMILES string of the molecule is COCC(F)(F)C(F)(F)C(F)(F)C(F)(F)C(F)(F)C(F)(F)F. The predicted octanol–water partition coefficient (Wildman–Crippen LogP) is 4.37. The Kier molecular flexibility index (Phi) is 5.07. The maximum atomic E-state index is 12.8. The van der Waals surface area contributed by atoms with Crippen LogP contribution in [0.1, 0.15) is 0 Å². The van der Waals surface area contributed by atoms with E-state index < -0.39 is 42.4 Å². The third-order valence-corrected chi connectivity index (χ3v) is 2.32. The van der Waals surface area contributed by atoms with Crippen molar-refractivity contribution in [2.24, 2.45) is 0 Å². The molecule has 1 nitrogen and oxygen atoms in total. The summed E-state index contributed by atoms with van der Waals surface area (Å²) in [6.07, 6.45) is -7.40. The average Bonchev–Trinajstić information content (AvgIpc) is 2.26. The second-order valence-corrected chi connectivity index (χ2v) is 3.93. The zero-order valence-corrected chi connectivity index (χ0v) is 10.0. The summed E-state index contributed by atoms with van der Waals surface area (Å²) in [5.41, 5.74) is 0. The first-order valence-electron chi connectivity index (χ1n) is 4.76. The summed E-state index contributed by atoms with van der Waals surface area (Å²) in [5, 5.41) is 0. The van der Waals surface area contributed by atoms with E-state index in [0.717, 1.165) is 0 Å². The molecular weight excluding hydrogens is 359 g/mol. The molecule has 0 aromatic carbocycles. The standard InChI is InChI=1S/C8H5F13O/c1-22-2-3(9,10)4(11,12)5(13,14)6(15,16)7(17,18)8(19,20)21/h2H2,1H3. The number of alkyl halides is 13. The van der Waals surface area contributed by atoms with Gasteiger partial charge in [0.1, 0.15) is 6.61 Å². The molecule has 0 aliphatic heterocycles. The quantitative estimate of drug-likeness (QED) is 0.636. The van der Waals surface area contributed by atoms with E-state index in [1.54, 1.807) is 0 Å². The molecule has 0 bridgehead atoms. The summed E-state index contributed by atoms with van der Waals surface area (Å²) in [6.45, 7) is -2.64. The van der Waals surface area contributed by atoms with E-state index in [1.165, 1.54) is 0 Å². The van der Waals surface area contributed by atoms with Crippen LogP contribution in [0.5, 0.6) is 0 Å². The summed E-state index contributed by atoms with van der Waals surface area (Å²) in [7, 11) is 0.241. The molecule has 14 heteroatoms. The fraction of sp³-hybridized carbons (Fsp3) is 1.00. The molecule has 0 heterocycles. The summed E-state index contributed by atoms with van der Waals surface area (Å²) >= 11 is 0. The Morgan fingerprint density at radius 2 is 0.864 bits per heavy atom. The smallest absolute Gasteiger partial charge is 0.378 e. The van der Waals surface area contributed by atoms with Gasteiger partial charge in [0.05, 0.1) is 0 Å². The highest BCUT2D eigenvalue weighted by Gasteiger charge is 2.90. The highest BCUT2D eigenvalue weighted by Crippen LogP contribution is 2.60. The largest absolute Gasteiger partial charge is 0.460 e. The molecule has 134 valence electrons. The molecule has 0 unspecified atom stereocenters. The first-order chi connectivity index (χ1) is 9.31. The van der Waals surface area contributed by atoms with Gasteiger partial charge in [0.25, 0.3) is 0 Å². The van der Waals surface area contributed by atoms with Crippen LogP contribution in [-0.4, -0.2) is 49.5 Å². The molecule has 0 saturated carbocycles. The Bertz CT molecular complexity index is 395. The highest BCUT2D eigenvalue weighted by atomic mass is 19.4. The normalized spacial score (nSPS) is 16.1. The minimum Gasteiger partial charge on any atom is -0.378 e. The average molecular weight is 364 g/mol. The zero-order valence-electron chi connectivity index (χ0n) is 10.0. The van der Waals surface area contributed by atoms with Gasteiger partial charge in [-0.1, -0.05) is 0 Å². The van der Waals surface area contributed by atoms with Gasteiger partial charge in [0.2, 0.25) is 0 Å². The van der Waals surface area contributed by atoms with Crippen LogP contribution in [0.2, 0.25) is 0 Å². The number of rotatable bonds is 6. The van der Waals surface area contributed by atoms with Crippen LogP contribution in [0.15, 0.2) is 0 Å². The van der Waals surface area contributed by atoms with E-state index in [-0.39, 0.29) is 7.11 Å². The Hall–Kier alpha value is -0.950. The molecule has 0 radical (unpaired) electrons. The van der Waals surface area contributed by atoms with Gasteiger partial charge in [-0.3, -0.25) is 0 Å². The van der Waals surface area contributed by atoms with Gasteiger partial charge in [-0.2, -0.15) is 57.1 Å². The van der Waals surface area contributed by atoms with Crippen molar-refractivity contribution in [2.75, 3.05) is 13.7 Å². The molecule has 0 aliphatic rings. The van der Waals surface area contributed by atoms with Crippen molar-refractivity contribution >= 4 is 0 Å². The molecule has 0 saturated heterocycles. The van der Waals surface area contributed by atoms with Crippen LogP contribution < -0.4 is 0 Å². The Morgan fingerprint density at radius 3 is 1.14 bits per heavy atom. The molecule has 0 amide bonds. The number of halogens is 13. The fourth-order valence-electron chi connectivity index (χ4n) is 1.07. The molecule has 0 aliphatic carbocycles. The Morgan fingerprint density at radius 1 is 0.545 bits per heavy atom. The van der Waals surface area contributed by atoms with Gasteiger partial charge < -0.3 is 4.74 Å². The van der Waals surface area contributed by atoms with Crippen molar-refractivity contribution in [3.63, 3.8) is 0 Å². The Balaban J connectivity index is 6.11. The predicted molar refractivity (Wildman–Crippen MR) is 42.7 cm³/mol. The zero-order chi connectivity index (χ0) is 18.4. The van der Waals surface area contributed by atoms with Gasteiger partial charge in [-0.15, -0.1) is 0 Å². The molecule has 0 fully saturated rings. The lowest BCUT2D eigenvalue weighted by Gasteiger charge is -2.39. The summed E-state index contributed by atoms with van der Waals surface area (Å²) in [5.74, 6) is -36.7. The van der Waals surface area contributed by atoms with Gasteiger partial charge in [0, 0.05) is 7.11 Å². The first kappa shape index (κ1) is 21.0. The molecular formula is C8H5F13O. The van der Waals surface area contributed by atoms with E-state index in [4.69, 9.17) is 0 Å². The van der Waals surface area contributed by atoms with E-state index in [2.05, 4.69) is 4.74 Å². The maximum Gasteiger partial charge on any atom is 0.460 e. The molecule has 0 N–H and O–H groups in total. The highest BCUT2D eigenvalue weighted by molar-refractivity contribution is 5.10. The molecule has 22 heavy (non-hydrogen) atoms. The first-order valence-corrected chi connectivity index (χ1v) is 4.76. The summed E-state index contributed by atoms with van der Waals surface area (Å²) < 4.78 is 165. The lowest BCUT2D eigenvalue weighted by Crippen LogP contribution is -2.70. The van der Waals surface area contributed by atoms with Crippen molar-refractivity contribution in [1.82, 2.24) is 0 Å². The lowest BCUT2D eigenvalue weighted by molar-refractivity contribution is -0.441. The van der Waals surface area contributed by atoms with E-state index in [1.807, 2.05) is 0 Å². The molecule has 0 spiro atoms. The number of hydrogen-bond donors (Lipinski definition) is 0. The van der Waals surface area contributed by atoms with Crippen LogP contribution in [0.4, 0.5) is 57.1 Å². The third-order valence-electron chi connectivity index (χ3n) is 2.32. The van der Waals surface area contributed by atoms with Gasteiger partial charge in [-0.05, 0) is 0 Å². The van der Waals surface area contributed by atoms with Crippen LogP contribution in [0.3, 0.4) is 0 Å². The van der Waals surface area contributed by atoms with Crippen LogP contribution >= 0.6 is 0 Å². The van der Waals surface area contributed by atoms with Crippen LogP contribution in [0.25, 0.3) is 0 Å². The van der Waals surface area contributed by atoms with Gasteiger partial charge in [0.15, 0.2) is 0 Å². The molecule has 0 aromatic heterocycles. The summed E-state index contributed by atoms with van der Waals surface area (Å²) in [6, 6.07) is 0. The summed E-state index contributed by atoms with van der Waals surface area (Å²) in [4.78, 5) is 0. The van der Waals surface area contributed by atoms with Crippen molar-refractivity contribution in [3.05, 3.63) is 0 Å². The molecule has 0 atom stereocenters. The topological polar surface area (TPSA) is 9.23 Å². The van der Waals surface area contributed by atoms with Crippen LogP contribution in [0, 0.1) is 0 Å². The maximum absolute atomic E-state index is 12.8. The lowest BCUT2D eigenvalue weighted by atomic mass is 9.94. The number of methoxy groups -OCH3 is 1. The molecule has 0 rings (SSSR count). The van der Waals surface area contributed by atoms with Gasteiger partial charge >= 0.3 is 35.8 Å². The number of ether oxygens (including phenoxy) is 1. The minimum absolute atomic E-state index is 0.241. The monoisotopic (exact) mass is 364 g/mol. The van der Waals surface area contributed by atoms with Gasteiger partial charge in [-0.25, -0.2) is 0 Å². The van der Waals surface area contributed by atoms with E-state index >= 15 is 0 Å². The fourth-order valence-corrected chi connectivity index (χ4v) is 1.07. The van der Waals surface area contributed by atoms with Crippen molar-refractivity contribution < 1.29 is 61.8 Å². The van der Waals surface area contributed by atoms with Crippen LogP contribution in [-0.2, 0) is 4.74 Å². The van der Waals surface area contributed by atoms with E-state index in [9.17, 15) is 57.1 Å². The third kappa shape index (κ3) is 2.69. The van der Waals surface area contributed by atoms with Crippen molar-refractivity contribution in [2.45, 2.75) is 35.8 Å². The number of hydrogen-bond acceptors (Lipinski definition) is 1. The Labute approximate surface area is 113 Å². The minimum atomic E-state index is -7.86.